The van der Waals surface area contributed by atoms with Crippen LogP contribution in [0.25, 0.3) is 22.3 Å². The first-order chi connectivity index (χ1) is 14.6. The molecular formula is C26H24NO4. The molecule has 1 aliphatic heterocycles. The molecule has 3 aromatic rings. The molecule has 0 unspecified atom stereocenters. The Morgan fingerprint density at radius 1 is 0.968 bits per heavy atom. The van der Waals surface area contributed by atoms with E-state index in [1.165, 1.54) is 0 Å². The second-order valence-electron chi connectivity index (χ2n) is 8.68. The number of hydrogen-bond acceptors (Lipinski definition) is 4. The highest BCUT2D eigenvalue weighted by Crippen LogP contribution is 2.38. The minimum Gasteiger partial charge on any atom is -0.497 e. The normalized spacial score (nSPS) is 17.2. The molecule has 5 nitrogen and oxygen atoms in total. The standard InChI is InChI=1S/C26H24NO4/c1-25(2)16-18(26(3,4)27(25)29)12-15-21-23(28)20-8-6-7-9-22(20)31-24(21)17-10-13-19(30-5)14-11-17/h6-11,13-14,16H,1-5H3. The molecule has 2 heterocycles. The van der Waals surface area contributed by atoms with Crippen LogP contribution in [-0.4, -0.2) is 23.3 Å². The van der Waals surface area contributed by atoms with Gasteiger partial charge in [-0.05, 0) is 70.2 Å². The lowest BCUT2D eigenvalue weighted by Gasteiger charge is -2.32. The fourth-order valence-electron chi connectivity index (χ4n) is 3.94. The van der Waals surface area contributed by atoms with Gasteiger partial charge in [-0.25, -0.2) is 0 Å². The third kappa shape index (κ3) is 3.54. The topological polar surface area (TPSA) is 62.6 Å². The third-order valence-corrected chi connectivity index (χ3v) is 5.66. The SMILES string of the molecule is COc1ccc(-c2oc3ccccc3c(=O)c2C#CC2=CC(C)(C)N([O])C2(C)C)cc1. The van der Waals surface area contributed by atoms with Gasteiger partial charge in [-0.15, -0.1) is 10.3 Å². The van der Waals surface area contributed by atoms with E-state index in [1.54, 1.807) is 25.3 Å². The molecule has 0 saturated heterocycles. The molecule has 5 heteroatoms. The van der Waals surface area contributed by atoms with Gasteiger partial charge in [0.2, 0.25) is 5.43 Å². The van der Waals surface area contributed by atoms with E-state index in [9.17, 15) is 10.0 Å². The van der Waals surface area contributed by atoms with E-state index in [0.29, 0.717) is 28.1 Å². The molecule has 0 N–H and O–H groups in total. The summed E-state index contributed by atoms with van der Waals surface area (Å²) < 4.78 is 11.4. The van der Waals surface area contributed by atoms with Crippen LogP contribution in [0.1, 0.15) is 33.3 Å². The monoisotopic (exact) mass is 414 g/mol. The van der Waals surface area contributed by atoms with Gasteiger partial charge in [0.05, 0.1) is 23.6 Å². The number of nitrogens with zero attached hydrogens (tertiary/aromatic N) is 1. The zero-order valence-electron chi connectivity index (χ0n) is 18.3. The van der Waals surface area contributed by atoms with Crippen LogP contribution in [0.2, 0.25) is 0 Å². The van der Waals surface area contributed by atoms with Gasteiger partial charge >= 0.3 is 0 Å². The molecule has 157 valence electrons. The minimum atomic E-state index is -0.784. The van der Waals surface area contributed by atoms with Crippen LogP contribution < -0.4 is 10.2 Å². The molecule has 31 heavy (non-hydrogen) atoms. The maximum Gasteiger partial charge on any atom is 0.208 e. The molecule has 0 fully saturated rings. The summed E-state index contributed by atoms with van der Waals surface area (Å²) in [5, 5.41) is 14.2. The number of hydrogen-bond donors (Lipinski definition) is 0. The van der Waals surface area contributed by atoms with Crippen molar-refractivity contribution >= 4 is 11.0 Å². The maximum atomic E-state index is 13.3. The second-order valence-corrected chi connectivity index (χ2v) is 8.68. The summed E-state index contributed by atoms with van der Waals surface area (Å²) in [6, 6.07) is 14.4. The molecule has 0 amide bonds. The average Bonchev–Trinajstić information content (AvgIpc) is 2.92. The largest absolute Gasteiger partial charge is 0.497 e. The quantitative estimate of drug-likeness (QED) is 0.556. The van der Waals surface area contributed by atoms with E-state index in [2.05, 4.69) is 11.8 Å². The first-order valence-electron chi connectivity index (χ1n) is 10.1. The van der Waals surface area contributed by atoms with Crippen LogP contribution in [0.15, 0.2) is 69.4 Å². The maximum absolute atomic E-state index is 13.3. The smallest absolute Gasteiger partial charge is 0.208 e. The number of ether oxygens (including phenoxy) is 1. The summed E-state index contributed by atoms with van der Waals surface area (Å²) in [5.41, 5.74) is 0.515. The van der Waals surface area contributed by atoms with Gasteiger partial charge in [-0.3, -0.25) is 4.79 Å². The minimum absolute atomic E-state index is 0.199. The van der Waals surface area contributed by atoms with Crippen LogP contribution in [0.3, 0.4) is 0 Å². The fourth-order valence-corrected chi connectivity index (χ4v) is 3.94. The zero-order chi connectivity index (χ0) is 22.4. The summed E-state index contributed by atoms with van der Waals surface area (Å²) in [6.07, 6.45) is 1.86. The molecule has 1 aliphatic rings. The van der Waals surface area contributed by atoms with Crippen molar-refractivity contribution in [2.75, 3.05) is 7.11 Å². The molecule has 0 aliphatic carbocycles. The van der Waals surface area contributed by atoms with Crippen LogP contribution in [0.5, 0.6) is 5.75 Å². The van der Waals surface area contributed by atoms with Gasteiger partial charge in [0.15, 0.2) is 5.76 Å². The molecular weight excluding hydrogens is 390 g/mol. The number of methoxy groups -OCH3 is 1. The van der Waals surface area contributed by atoms with Crippen molar-refractivity contribution in [3.63, 3.8) is 0 Å². The number of fused-ring (bicyclic) bond motifs is 1. The molecule has 4 rings (SSSR count). The molecule has 2 aromatic carbocycles. The predicted octanol–water partition coefficient (Wildman–Crippen LogP) is 4.96. The Bertz CT molecular complexity index is 1300. The number of benzene rings is 2. The van der Waals surface area contributed by atoms with E-state index in [1.807, 2.05) is 64.1 Å². The van der Waals surface area contributed by atoms with Crippen molar-refractivity contribution in [1.29, 1.82) is 0 Å². The third-order valence-electron chi connectivity index (χ3n) is 5.66. The van der Waals surface area contributed by atoms with Gasteiger partial charge in [0, 0.05) is 11.1 Å². The van der Waals surface area contributed by atoms with E-state index in [4.69, 9.17) is 9.15 Å². The van der Waals surface area contributed by atoms with Crippen molar-refractivity contribution < 1.29 is 14.4 Å². The van der Waals surface area contributed by atoms with Gasteiger partial charge in [0.25, 0.3) is 0 Å². The highest BCUT2D eigenvalue weighted by molar-refractivity contribution is 5.82. The summed E-state index contributed by atoms with van der Waals surface area (Å²) in [6.45, 7) is 7.37. The lowest BCUT2D eigenvalue weighted by molar-refractivity contribution is -0.237. The van der Waals surface area contributed by atoms with Crippen LogP contribution in [-0.2, 0) is 5.21 Å². The number of rotatable bonds is 2. The Kier molecular flexibility index (Phi) is 5.01. The summed E-state index contributed by atoms with van der Waals surface area (Å²) in [7, 11) is 1.60. The highest BCUT2D eigenvalue weighted by Gasteiger charge is 2.46. The Hall–Kier alpha value is -3.33. The molecule has 0 spiro atoms. The van der Waals surface area contributed by atoms with Gasteiger partial charge in [0.1, 0.15) is 16.9 Å². The van der Waals surface area contributed by atoms with Crippen molar-refractivity contribution in [2.45, 2.75) is 38.8 Å². The Morgan fingerprint density at radius 3 is 2.26 bits per heavy atom. The summed E-state index contributed by atoms with van der Waals surface area (Å²) in [5.74, 6) is 7.23. The van der Waals surface area contributed by atoms with E-state index >= 15 is 0 Å². The molecule has 1 aromatic heterocycles. The first-order valence-corrected chi connectivity index (χ1v) is 10.1. The van der Waals surface area contributed by atoms with Crippen LogP contribution in [0, 0.1) is 11.8 Å². The Labute approximate surface area is 181 Å². The van der Waals surface area contributed by atoms with Crippen LogP contribution >= 0.6 is 0 Å². The second kappa shape index (κ2) is 7.42. The van der Waals surface area contributed by atoms with Crippen molar-refractivity contribution in [2.24, 2.45) is 0 Å². The van der Waals surface area contributed by atoms with Gasteiger partial charge in [-0.2, -0.15) is 0 Å². The van der Waals surface area contributed by atoms with Gasteiger partial charge < -0.3 is 9.15 Å². The van der Waals surface area contributed by atoms with E-state index in [0.717, 1.165) is 10.6 Å². The zero-order valence-corrected chi connectivity index (χ0v) is 18.3. The Balaban J connectivity index is 1.93. The van der Waals surface area contributed by atoms with Crippen molar-refractivity contribution in [3.05, 3.63) is 76.0 Å². The predicted molar refractivity (Wildman–Crippen MR) is 120 cm³/mol. The number of hydroxylamine groups is 2. The first kappa shape index (κ1) is 20.9. The lowest BCUT2D eigenvalue weighted by atomic mass is 9.96. The number of para-hydroxylation sites is 1. The highest BCUT2D eigenvalue weighted by atomic mass is 16.5. The Morgan fingerprint density at radius 2 is 1.65 bits per heavy atom. The average molecular weight is 414 g/mol. The van der Waals surface area contributed by atoms with Crippen molar-refractivity contribution in [3.8, 4) is 28.9 Å². The fraction of sp³-hybridized carbons (Fsp3) is 0.269. The van der Waals surface area contributed by atoms with E-state index in [-0.39, 0.29) is 11.0 Å². The summed E-state index contributed by atoms with van der Waals surface area (Å²) >= 11 is 0. The van der Waals surface area contributed by atoms with Crippen LogP contribution in [0.4, 0.5) is 0 Å². The lowest BCUT2D eigenvalue weighted by Crippen LogP contribution is -2.46. The molecule has 0 saturated carbocycles. The molecule has 0 atom stereocenters. The summed E-state index contributed by atoms with van der Waals surface area (Å²) in [4.78, 5) is 13.3. The van der Waals surface area contributed by atoms with E-state index < -0.39 is 11.1 Å². The van der Waals surface area contributed by atoms with Gasteiger partial charge in [-0.1, -0.05) is 24.0 Å². The van der Waals surface area contributed by atoms with Crippen molar-refractivity contribution in [1.82, 2.24) is 5.06 Å². The molecule has 1 radical (unpaired) electrons. The molecule has 0 bridgehead atoms.